The average molecular weight is 478 g/mol. The molecule has 0 aliphatic heterocycles. The number of pyridine rings is 4. The third-order valence-electron chi connectivity index (χ3n) is 5.80. The van der Waals surface area contributed by atoms with Gasteiger partial charge in [0.05, 0.1) is 22.8 Å². The summed E-state index contributed by atoms with van der Waals surface area (Å²) in [5.74, 6) is 1.34. The van der Waals surface area contributed by atoms with Crippen molar-refractivity contribution < 1.29 is 4.74 Å². The largest absolute Gasteiger partial charge is 0.491 e. The Hall–Kier alpha value is -4.70. The van der Waals surface area contributed by atoms with E-state index in [4.69, 9.17) is 9.72 Å². The molecule has 36 heavy (non-hydrogen) atoms. The molecule has 0 aromatic carbocycles. The Morgan fingerprint density at radius 1 is 0.917 bits per heavy atom. The van der Waals surface area contributed by atoms with E-state index in [9.17, 15) is 0 Å². The first-order valence-electron chi connectivity index (χ1n) is 11.5. The van der Waals surface area contributed by atoms with Crippen LogP contribution in [0.25, 0.3) is 56.1 Å². The fourth-order valence-electron chi connectivity index (χ4n) is 3.98. The highest BCUT2D eigenvalue weighted by atomic mass is 16.5. The molecule has 0 spiro atoms. The zero-order valence-corrected chi connectivity index (χ0v) is 19.8. The molecule has 0 unspecified atom stereocenters. The molecule has 6 aromatic rings. The second-order valence-electron chi connectivity index (χ2n) is 8.61. The number of ether oxygens (including phenoxy) is 1. The zero-order valence-electron chi connectivity index (χ0n) is 19.8. The molecule has 0 bridgehead atoms. The summed E-state index contributed by atoms with van der Waals surface area (Å²) in [7, 11) is 4.03. The summed E-state index contributed by atoms with van der Waals surface area (Å²) in [5, 5.41) is 8.37. The molecule has 0 amide bonds. The van der Waals surface area contributed by atoms with Gasteiger partial charge in [-0.2, -0.15) is 5.10 Å². The number of rotatable bonds is 7. The average Bonchev–Trinajstić information content (AvgIpc) is 3.53. The lowest BCUT2D eigenvalue weighted by Gasteiger charge is -2.11. The molecule has 0 saturated heterocycles. The van der Waals surface area contributed by atoms with Crippen LogP contribution in [-0.4, -0.2) is 72.2 Å². The number of aromatic nitrogens is 8. The number of fused-ring (bicyclic) bond motifs is 2. The van der Waals surface area contributed by atoms with Gasteiger partial charge in [0.25, 0.3) is 0 Å². The first-order chi connectivity index (χ1) is 17.7. The van der Waals surface area contributed by atoms with E-state index in [1.165, 1.54) is 0 Å². The summed E-state index contributed by atoms with van der Waals surface area (Å²) in [5.41, 5.74) is 6.22. The predicted molar refractivity (Wildman–Crippen MR) is 137 cm³/mol. The van der Waals surface area contributed by atoms with Crippen LogP contribution < -0.4 is 4.74 Å². The Morgan fingerprint density at radius 2 is 1.83 bits per heavy atom. The van der Waals surface area contributed by atoms with E-state index < -0.39 is 0 Å². The van der Waals surface area contributed by atoms with Crippen LogP contribution >= 0.6 is 0 Å². The van der Waals surface area contributed by atoms with Gasteiger partial charge < -0.3 is 14.6 Å². The molecule has 0 radical (unpaired) electrons. The summed E-state index contributed by atoms with van der Waals surface area (Å²) >= 11 is 0. The Balaban J connectivity index is 1.38. The standard InChI is InChI=1S/C26H23N9O/c1-35(2)9-10-36-18-11-16(13-27-15-18)17-12-19-22(33-34-25(19)30-14-17)26-31-21-6-8-29-23(24(21)32-26)20-5-3-4-7-28-20/h3-8,11-15H,9-10H2,1-2H3,(H,31,32)(H,30,33,34). The molecular weight excluding hydrogens is 454 g/mol. The number of aromatic amines is 2. The Morgan fingerprint density at radius 3 is 2.69 bits per heavy atom. The maximum Gasteiger partial charge on any atom is 0.159 e. The van der Waals surface area contributed by atoms with Gasteiger partial charge in [0.2, 0.25) is 0 Å². The van der Waals surface area contributed by atoms with Gasteiger partial charge in [0.15, 0.2) is 11.5 Å². The minimum absolute atomic E-state index is 0.586. The Bertz CT molecular complexity index is 1660. The molecule has 0 aliphatic carbocycles. The third-order valence-corrected chi connectivity index (χ3v) is 5.80. The summed E-state index contributed by atoms with van der Waals surface area (Å²) < 4.78 is 5.86. The van der Waals surface area contributed by atoms with Gasteiger partial charge in [0.1, 0.15) is 29.3 Å². The minimum Gasteiger partial charge on any atom is -0.491 e. The molecule has 0 fully saturated rings. The first-order valence-corrected chi connectivity index (χ1v) is 11.5. The van der Waals surface area contributed by atoms with Crippen molar-refractivity contribution in [2.24, 2.45) is 0 Å². The SMILES string of the molecule is CN(C)CCOc1cncc(-c2cnc3[nH]nc(-c4nc5c(-c6ccccn6)nccc5[nH]4)c3c2)c1. The molecule has 6 rings (SSSR count). The van der Waals surface area contributed by atoms with Crippen molar-refractivity contribution >= 4 is 22.1 Å². The molecule has 6 heterocycles. The third kappa shape index (κ3) is 4.14. The van der Waals surface area contributed by atoms with Crippen LogP contribution in [0.3, 0.4) is 0 Å². The van der Waals surface area contributed by atoms with Crippen molar-refractivity contribution in [3.8, 4) is 39.8 Å². The lowest BCUT2D eigenvalue weighted by atomic mass is 10.1. The van der Waals surface area contributed by atoms with Crippen LogP contribution in [0.15, 0.2) is 67.4 Å². The summed E-state index contributed by atoms with van der Waals surface area (Å²) in [6, 6.07) is 11.6. The first kappa shape index (κ1) is 21.8. The van der Waals surface area contributed by atoms with Crippen molar-refractivity contribution in [2.45, 2.75) is 0 Å². The van der Waals surface area contributed by atoms with E-state index in [0.29, 0.717) is 35.2 Å². The summed E-state index contributed by atoms with van der Waals surface area (Å²) in [6.07, 6.45) is 8.81. The zero-order chi connectivity index (χ0) is 24.5. The highest BCUT2D eigenvalue weighted by Crippen LogP contribution is 2.31. The van der Waals surface area contributed by atoms with Gasteiger partial charge in [0, 0.05) is 42.5 Å². The van der Waals surface area contributed by atoms with E-state index in [1.807, 2.05) is 50.5 Å². The van der Waals surface area contributed by atoms with Crippen molar-refractivity contribution in [2.75, 3.05) is 27.2 Å². The molecule has 0 saturated carbocycles. The maximum atomic E-state index is 5.86. The topological polar surface area (TPSA) is 121 Å². The molecule has 10 heteroatoms. The van der Waals surface area contributed by atoms with Crippen LogP contribution in [0.4, 0.5) is 0 Å². The number of hydrogen-bond acceptors (Lipinski definition) is 8. The minimum atomic E-state index is 0.586. The highest BCUT2D eigenvalue weighted by Gasteiger charge is 2.17. The molecule has 2 N–H and O–H groups in total. The van der Waals surface area contributed by atoms with E-state index in [2.05, 4.69) is 40.0 Å². The van der Waals surface area contributed by atoms with Gasteiger partial charge in [-0.3, -0.25) is 20.1 Å². The number of imidazole rings is 1. The van der Waals surface area contributed by atoms with E-state index >= 15 is 0 Å². The van der Waals surface area contributed by atoms with Crippen molar-refractivity contribution in [3.05, 3.63) is 67.4 Å². The van der Waals surface area contributed by atoms with Gasteiger partial charge in [-0.15, -0.1) is 0 Å². The highest BCUT2D eigenvalue weighted by molar-refractivity contribution is 5.95. The molecule has 178 valence electrons. The van der Waals surface area contributed by atoms with Crippen LogP contribution in [0.5, 0.6) is 5.75 Å². The maximum absolute atomic E-state index is 5.86. The van der Waals surface area contributed by atoms with Crippen LogP contribution in [0.2, 0.25) is 0 Å². The van der Waals surface area contributed by atoms with E-state index in [-0.39, 0.29) is 0 Å². The number of H-pyrrole nitrogens is 2. The van der Waals surface area contributed by atoms with Gasteiger partial charge in [-0.1, -0.05) is 6.07 Å². The van der Waals surface area contributed by atoms with Crippen molar-refractivity contribution in [1.29, 1.82) is 0 Å². The van der Waals surface area contributed by atoms with E-state index in [0.717, 1.165) is 39.8 Å². The molecule has 10 nitrogen and oxygen atoms in total. The quantitative estimate of drug-likeness (QED) is 0.354. The Labute approximate surface area is 206 Å². The fourth-order valence-corrected chi connectivity index (χ4v) is 3.98. The number of hydrogen-bond donors (Lipinski definition) is 2. The van der Waals surface area contributed by atoms with Crippen LogP contribution in [0, 0.1) is 0 Å². The Kier molecular flexibility index (Phi) is 5.55. The van der Waals surface area contributed by atoms with E-state index in [1.54, 1.807) is 31.0 Å². The molecule has 0 atom stereocenters. The fraction of sp³-hybridized carbons (Fsp3) is 0.154. The molecule has 6 aromatic heterocycles. The summed E-state index contributed by atoms with van der Waals surface area (Å²) in [6.45, 7) is 1.41. The van der Waals surface area contributed by atoms with Crippen molar-refractivity contribution in [1.82, 2.24) is 45.0 Å². The van der Waals surface area contributed by atoms with Gasteiger partial charge in [-0.25, -0.2) is 9.97 Å². The monoisotopic (exact) mass is 477 g/mol. The number of likely N-dealkylation sites (N-methyl/N-ethyl adjacent to an activating group) is 1. The van der Waals surface area contributed by atoms with Gasteiger partial charge >= 0.3 is 0 Å². The number of nitrogens with zero attached hydrogens (tertiary/aromatic N) is 7. The predicted octanol–water partition coefficient (Wildman–Crippen LogP) is 3.96. The molecular formula is C26H23N9O. The molecule has 0 aliphatic rings. The van der Waals surface area contributed by atoms with Crippen LogP contribution in [0.1, 0.15) is 0 Å². The van der Waals surface area contributed by atoms with Gasteiger partial charge in [-0.05, 0) is 44.4 Å². The summed E-state index contributed by atoms with van der Waals surface area (Å²) in [4.78, 5) is 28.2. The lowest BCUT2D eigenvalue weighted by Crippen LogP contribution is -2.19. The smallest absolute Gasteiger partial charge is 0.159 e. The second-order valence-corrected chi connectivity index (χ2v) is 8.61. The second kappa shape index (κ2) is 9.16. The number of nitrogens with one attached hydrogen (secondary N) is 2. The van der Waals surface area contributed by atoms with Crippen LogP contribution in [-0.2, 0) is 0 Å². The lowest BCUT2D eigenvalue weighted by molar-refractivity contribution is 0.261. The van der Waals surface area contributed by atoms with Crippen molar-refractivity contribution in [3.63, 3.8) is 0 Å². The normalized spacial score (nSPS) is 11.5.